The van der Waals surface area contributed by atoms with Crippen LogP contribution < -0.4 is 14.4 Å². The minimum absolute atomic E-state index is 0.0401. The number of hydrogen-bond donors (Lipinski definition) is 1. The molecule has 0 aliphatic carbocycles. The number of carbonyl (C=O) groups excluding carboxylic acids is 1. The molecule has 1 aromatic rings. The molecule has 1 aliphatic rings. The van der Waals surface area contributed by atoms with Crippen molar-refractivity contribution in [3.8, 4) is 5.75 Å². The van der Waals surface area contributed by atoms with E-state index in [1.807, 2.05) is 13.8 Å². The molecule has 1 unspecified atom stereocenters. The first-order valence-electron chi connectivity index (χ1n) is 6.86. The lowest BCUT2D eigenvalue weighted by atomic mass is 10.0. The lowest BCUT2D eigenvalue weighted by Crippen LogP contribution is -2.46. The number of rotatable bonds is 4. The van der Waals surface area contributed by atoms with Crippen molar-refractivity contribution in [2.24, 2.45) is 5.92 Å². The standard InChI is InChI=1S/C14H20N2O4S/c1-5-15-21(18,19)10-6-7-12-11(8-10)16(4)14(17)13(20-12)9(2)3/h6-9,13,15H,5H2,1-4H3. The molecule has 0 saturated heterocycles. The number of nitrogens with zero attached hydrogens (tertiary/aromatic N) is 1. The van der Waals surface area contributed by atoms with Gasteiger partial charge in [0.05, 0.1) is 10.6 Å². The van der Waals surface area contributed by atoms with Crippen molar-refractivity contribution in [2.45, 2.75) is 31.8 Å². The van der Waals surface area contributed by atoms with Gasteiger partial charge in [0.1, 0.15) is 5.75 Å². The van der Waals surface area contributed by atoms with E-state index in [-0.39, 0.29) is 16.7 Å². The number of nitrogens with one attached hydrogen (secondary N) is 1. The third-order valence-corrected chi connectivity index (χ3v) is 4.91. The summed E-state index contributed by atoms with van der Waals surface area (Å²) < 4.78 is 32.2. The van der Waals surface area contributed by atoms with Crippen molar-refractivity contribution in [3.63, 3.8) is 0 Å². The van der Waals surface area contributed by atoms with Crippen LogP contribution in [0.25, 0.3) is 0 Å². The van der Waals surface area contributed by atoms with Gasteiger partial charge in [-0.05, 0) is 24.1 Å². The first-order valence-corrected chi connectivity index (χ1v) is 8.34. The number of sulfonamides is 1. The fraction of sp³-hybridized carbons (Fsp3) is 0.500. The van der Waals surface area contributed by atoms with Crippen LogP contribution in [0, 0.1) is 5.92 Å². The monoisotopic (exact) mass is 312 g/mol. The SMILES string of the molecule is CCNS(=O)(=O)c1ccc2c(c1)N(C)C(=O)C(C(C)C)O2. The van der Waals surface area contributed by atoms with E-state index in [0.717, 1.165) is 0 Å². The molecule has 0 aromatic heterocycles. The Kier molecular flexibility index (Phi) is 4.25. The van der Waals surface area contributed by atoms with Crippen molar-refractivity contribution in [1.29, 1.82) is 0 Å². The Hall–Kier alpha value is -1.60. The van der Waals surface area contributed by atoms with Crippen LogP contribution in [0.15, 0.2) is 23.1 Å². The van der Waals surface area contributed by atoms with Crippen LogP contribution in [0.3, 0.4) is 0 Å². The quantitative estimate of drug-likeness (QED) is 0.911. The molecule has 116 valence electrons. The molecule has 0 fully saturated rings. The van der Waals surface area contributed by atoms with Crippen LogP contribution in [0.1, 0.15) is 20.8 Å². The largest absolute Gasteiger partial charge is 0.478 e. The average Bonchev–Trinajstić information content (AvgIpc) is 2.42. The predicted molar refractivity (Wildman–Crippen MR) is 80.0 cm³/mol. The second kappa shape index (κ2) is 5.65. The molecule has 7 heteroatoms. The van der Waals surface area contributed by atoms with Crippen LogP contribution in [-0.4, -0.2) is 34.0 Å². The third kappa shape index (κ3) is 2.89. The number of amides is 1. The van der Waals surface area contributed by atoms with Gasteiger partial charge in [-0.1, -0.05) is 20.8 Å². The molecule has 0 radical (unpaired) electrons. The van der Waals surface area contributed by atoms with Gasteiger partial charge in [-0.15, -0.1) is 0 Å². The molecule has 0 saturated carbocycles. The summed E-state index contributed by atoms with van der Waals surface area (Å²) in [5.41, 5.74) is 0.468. The average molecular weight is 312 g/mol. The maximum Gasteiger partial charge on any atom is 0.268 e. The van der Waals surface area contributed by atoms with Gasteiger partial charge in [-0.3, -0.25) is 4.79 Å². The molecule has 2 rings (SSSR count). The Bertz CT molecular complexity index is 655. The molecule has 0 spiro atoms. The summed E-state index contributed by atoms with van der Waals surface area (Å²) in [4.78, 5) is 13.8. The summed E-state index contributed by atoms with van der Waals surface area (Å²) >= 11 is 0. The van der Waals surface area contributed by atoms with E-state index in [0.29, 0.717) is 18.0 Å². The summed E-state index contributed by atoms with van der Waals surface area (Å²) in [6, 6.07) is 4.54. The normalized spacial score (nSPS) is 18.6. The molecule has 1 aliphatic heterocycles. The summed E-state index contributed by atoms with van der Waals surface area (Å²) in [6.07, 6.45) is -0.543. The second-order valence-electron chi connectivity index (χ2n) is 5.31. The Morgan fingerprint density at radius 3 is 2.62 bits per heavy atom. The van der Waals surface area contributed by atoms with Gasteiger partial charge in [0.25, 0.3) is 5.91 Å². The number of fused-ring (bicyclic) bond motifs is 1. The van der Waals surface area contributed by atoms with Crippen molar-refractivity contribution < 1.29 is 17.9 Å². The van der Waals surface area contributed by atoms with Crippen molar-refractivity contribution in [2.75, 3.05) is 18.5 Å². The number of hydrogen-bond acceptors (Lipinski definition) is 4. The predicted octanol–water partition coefficient (Wildman–Crippen LogP) is 1.36. The summed E-state index contributed by atoms with van der Waals surface area (Å²) in [7, 11) is -1.93. The Morgan fingerprint density at radius 2 is 2.05 bits per heavy atom. The first kappa shape index (κ1) is 15.8. The summed E-state index contributed by atoms with van der Waals surface area (Å²) in [6.45, 7) is 5.83. The zero-order valence-electron chi connectivity index (χ0n) is 12.6. The van der Waals surface area contributed by atoms with Crippen molar-refractivity contribution >= 4 is 21.6 Å². The van der Waals surface area contributed by atoms with Gasteiger partial charge >= 0.3 is 0 Å². The highest BCUT2D eigenvalue weighted by molar-refractivity contribution is 7.89. The van der Waals surface area contributed by atoms with Gasteiger partial charge in [0.15, 0.2) is 6.10 Å². The highest BCUT2D eigenvalue weighted by Gasteiger charge is 2.35. The molecule has 1 N–H and O–H groups in total. The van der Waals surface area contributed by atoms with Crippen LogP contribution in [-0.2, 0) is 14.8 Å². The number of ether oxygens (including phenoxy) is 1. The van der Waals surface area contributed by atoms with Crippen molar-refractivity contribution in [1.82, 2.24) is 4.72 Å². The molecule has 1 heterocycles. The van der Waals surface area contributed by atoms with Crippen LogP contribution in [0.5, 0.6) is 5.75 Å². The van der Waals surface area contributed by atoms with E-state index in [4.69, 9.17) is 4.74 Å². The van der Waals surface area contributed by atoms with E-state index in [1.165, 1.54) is 17.0 Å². The zero-order valence-corrected chi connectivity index (χ0v) is 13.4. The van der Waals surface area contributed by atoms with Crippen LogP contribution >= 0.6 is 0 Å². The topological polar surface area (TPSA) is 75.7 Å². The molecule has 1 amide bonds. The number of benzene rings is 1. The fourth-order valence-corrected chi connectivity index (χ4v) is 3.28. The van der Waals surface area contributed by atoms with E-state index in [1.54, 1.807) is 20.0 Å². The maximum atomic E-state index is 12.3. The highest BCUT2D eigenvalue weighted by atomic mass is 32.2. The molecule has 6 nitrogen and oxygen atoms in total. The Balaban J connectivity index is 2.45. The molecular weight excluding hydrogens is 292 g/mol. The molecular formula is C14H20N2O4S. The number of likely N-dealkylation sites (N-methyl/N-ethyl adjacent to an activating group) is 1. The lowest BCUT2D eigenvalue weighted by Gasteiger charge is -2.34. The zero-order chi connectivity index (χ0) is 15.8. The van der Waals surface area contributed by atoms with Crippen LogP contribution in [0.2, 0.25) is 0 Å². The minimum atomic E-state index is -3.56. The van der Waals surface area contributed by atoms with Crippen molar-refractivity contribution in [3.05, 3.63) is 18.2 Å². The maximum absolute atomic E-state index is 12.3. The second-order valence-corrected chi connectivity index (χ2v) is 7.08. The minimum Gasteiger partial charge on any atom is -0.478 e. The van der Waals surface area contributed by atoms with E-state index >= 15 is 0 Å². The smallest absolute Gasteiger partial charge is 0.268 e. The van der Waals surface area contributed by atoms with Gasteiger partial charge in [0, 0.05) is 13.6 Å². The summed E-state index contributed by atoms with van der Waals surface area (Å²) in [5, 5.41) is 0. The number of carbonyl (C=O) groups is 1. The van der Waals surface area contributed by atoms with Gasteiger partial charge in [-0.25, -0.2) is 13.1 Å². The Morgan fingerprint density at radius 1 is 1.38 bits per heavy atom. The van der Waals surface area contributed by atoms with Gasteiger partial charge in [0.2, 0.25) is 10.0 Å². The molecule has 0 bridgehead atoms. The number of anilines is 1. The highest BCUT2D eigenvalue weighted by Crippen LogP contribution is 2.36. The van der Waals surface area contributed by atoms with Gasteiger partial charge < -0.3 is 9.64 Å². The molecule has 1 aromatic carbocycles. The van der Waals surface area contributed by atoms with E-state index in [9.17, 15) is 13.2 Å². The summed E-state index contributed by atoms with van der Waals surface area (Å²) in [5.74, 6) is 0.389. The van der Waals surface area contributed by atoms with E-state index in [2.05, 4.69) is 4.72 Å². The third-order valence-electron chi connectivity index (χ3n) is 3.37. The first-order chi connectivity index (χ1) is 9.77. The van der Waals surface area contributed by atoms with Crippen LogP contribution in [0.4, 0.5) is 5.69 Å². The lowest BCUT2D eigenvalue weighted by molar-refractivity contribution is -0.127. The molecule has 21 heavy (non-hydrogen) atoms. The molecule has 1 atom stereocenters. The van der Waals surface area contributed by atoms with E-state index < -0.39 is 16.1 Å². The Labute approximate surface area is 125 Å². The van der Waals surface area contributed by atoms with Gasteiger partial charge in [-0.2, -0.15) is 0 Å². The fourth-order valence-electron chi connectivity index (χ4n) is 2.22.